The van der Waals surface area contributed by atoms with Crippen LogP contribution in [0.1, 0.15) is 18.4 Å². The second kappa shape index (κ2) is 5.09. The molecule has 0 fully saturated rings. The summed E-state index contributed by atoms with van der Waals surface area (Å²) in [6, 6.07) is 1.18. The van der Waals surface area contributed by atoms with Crippen molar-refractivity contribution >= 4 is 34.7 Å². The molecule has 1 aromatic carbocycles. The molecule has 1 atom stereocenters. The summed E-state index contributed by atoms with van der Waals surface area (Å²) in [7, 11) is 2.63. The van der Waals surface area contributed by atoms with Crippen LogP contribution in [-0.4, -0.2) is 30.8 Å². The predicted octanol–water partition coefficient (Wildman–Crippen LogP) is 2.62. The largest absolute Gasteiger partial charge is 0.495 e. The number of aliphatic imine (C=N–C) groups is 1. The standard InChI is InChI=1S/C12H11ClN2O5/c1-5-8-9(13)7(19-2)4-6(15(17)18)10(8)14-12(20-3)11(5)16/h4-5H,1-3H3. The molecule has 0 bridgehead atoms. The van der Waals surface area contributed by atoms with E-state index in [9.17, 15) is 14.9 Å². The fraction of sp³-hybridized carbons (Fsp3) is 0.333. The number of ether oxygens (including phenoxy) is 2. The van der Waals surface area contributed by atoms with Crippen molar-refractivity contribution in [2.75, 3.05) is 14.2 Å². The minimum absolute atomic E-state index is 0.0322. The Labute approximate surface area is 119 Å². The van der Waals surface area contributed by atoms with Gasteiger partial charge in [-0.3, -0.25) is 14.9 Å². The fourth-order valence-corrected chi connectivity index (χ4v) is 2.43. The van der Waals surface area contributed by atoms with Gasteiger partial charge in [-0.25, -0.2) is 4.99 Å². The monoisotopic (exact) mass is 298 g/mol. The molecule has 0 spiro atoms. The molecule has 1 heterocycles. The van der Waals surface area contributed by atoms with Crippen molar-refractivity contribution in [2.45, 2.75) is 12.8 Å². The van der Waals surface area contributed by atoms with Crippen LogP contribution < -0.4 is 4.74 Å². The Kier molecular flexibility index (Phi) is 3.63. The first-order valence-electron chi connectivity index (χ1n) is 5.64. The highest BCUT2D eigenvalue weighted by Crippen LogP contribution is 2.47. The Bertz CT molecular complexity index is 641. The van der Waals surface area contributed by atoms with Gasteiger partial charge in [0, 0.05) is 5.56 Å². The van der Waals surface area contributed by atoms with E-state index < -0.39 is 10.8 Å². The maximum Gasteiger partial charge on any atom is 0.299 e. The quantitative estimate of drug-likeness (QED) is 0.618. The Hall–Kier alpha value is -2.15. The molecular formula is C12H11ClN2O5. The molecule has 0 amide bonds. The van der Waals surface area contributed by atoms with E-state index in [0.29, 0.717) is 0 Å². The smallest absolute Gasteiger partial charge is 0.299 e. The van der Waals surface area contributed by atoms with E-state index in [4.69, 9.17) is 21.1 Å². The highest BCUT2D eigenvalue weighted by molar-refractivity contribution is 6.42. The zero-order valence-corrected chi connectivity index (χ0v) is 11.7. The third kappa shape index (κ3) is 2.00. The van der Waals surface area contributed by atoms with Crippen molar-refractivity contribution in [3.63, 3.8) is 0 Å². The SMILES string of the molecule is COC1=Nc2c([N+](=O)[O-])cc(OC)c(Cl)c2C(C)C1=O. The predicted molar refractivity (Wildman–Crippen MR) is 72.2 cm³/mol. The summed E-state index contributed by atoms with van der Waals surface area (Å²) in [4.78, 5) is 26.5. The molecule has 0 aromatic heterocycles. The van der Waals surface area contributed by atoms with Gasteiger partial charge in [0.1, 0.15) is 5.75 Å². The van der Waals surface area contributed by atoms with Crippen LogP contribution in [0.5, 0.6) is 5.75 Å². The molecule has 106 valence electrons. The maximum absolute atomic E-state index is 12.0. The molecule has 0 saturated heterocycles. The van der Waals surface area contributed by atoms with Crippen LogP contribution in [0.2, 0.25) is 5.02 Å². The number of rotatable bonds is 2. The summed E-state index contributed by atoms with van der Waals surface area (Å²) in [5.41, 5.74) is 0.0309. The molecule has 7 nitrogen and oxygen atoms in total. The van der Waals surface area contributed by atoms with Crippen LogP contribution in [0.3, 0.4) is 0 Å². The van der Waals surface area contributed by atoms with Crippen molar-refractivity contribution in [3.05, 3.63) is 26.8 Å². The number of nitro groups is 1. The Morgan fingerprint density at radius 1 is 1.40 bits per heavy atom. The Balaban J connectivity index is 2.84. The lowest BCUT2D eigenvalue weighted by molar-refractivity contribution is -0.384. The average molecular weight is 299 g/mol. The number of carbonyl (C=O) groups excluding carboxylic acids is 1. The van der Waals surface area contributed by atoms with E-state index in [2.05, 4.69) is 4.99 Å². The number of Topliss-reactive ketones (excluding diaryl/α,β-unsaturated/α-hetero) is 1. The summed E-state index contributed by atoms with van der Waals surface area (Å²) in [5.74, 6) is -1.12. The number of ketones is 1. The molecule has 1 unspecified atom stereocenters. The molecule has 8 heteroatoms. The summed E-state index contributed by atoms with van der Waals surface area (Å²) >= 11 is 6.14. The zero-order chi connectivity index (χ0) is 15.0. The van der Waals surface area contributed by atoms with Gasteiger partial charge in [-0.15, -0.1) is 0 Å². The normalized spacial score (nSPS) is 17.3. The number of nitrogens with zero attached hydrogens (tertiary/aromatic N) is 2. The highest BCUT2D eigenvalue weighted by Gasteiger charge is 2.36. The van der Waals surface area contributed by atoms with Crippen molar-refractivity contribution < 1.29 is 19.2 Å². The molecule has 0 N–H and O–H groups in total. The van der Waals surface area contributed by atoms with E-state index in [0.717, 1.165) is 0 Å². The van der Waals surface area contributed by atoms with E-state index in [-0.39, 0.29) is 39.4 Å². The molecule has 1 aliphatic rings. The Morgan fingerprint density at radius 3 is 2.55 bits per heavy atom. The molecule has 1 aliphatic heterocycles. The molecule has 0 radical (unpaired) electrons. The van der Waals surface area contributed by atoms with Crippen LogP contribution in [0.4, 0.5) is 11.4 Å². The average Bonchev–Trinajstić information content (AvgIpc) is 2.42. The topological polar surface area (TPSA) is 91.0 Å². The van der Waals surface area contributed by atoms with Crippen molar-refractivity contribution in [1.82, 2.24) is 0 Å². The van der Waals surface area contributed by atoms with E-state index in [1.807, 2.05) is 0 Å². The molecular weight excluding hydrogens is 288 g/mol. The molecule has 2 rings (SSSR count). The number of nitro benzene ring substituents is 1. The van der Waals surface area contributed by atoms with Gasteiger partial charge >= 0.3 is 0 Å². The van der Waals surface area contributed by atoms with Gasteiger partial charge in [-0.1, -0.05) is 18.5 Å². The third-order valence-corrected chi connectivity index (χ3v) is 3.47. The van der Waals surface area contributed by atoms with Crippen LogP contribution in [-0.2, 0) is 9.53 Å². The Morgan fingerprint density at radius 2 is 2.05 bits per heavy atom. The summed E-state index contributed by atoms with van der Waals surface area (Å²) in [6.07, 6.45) is 0. The minimum Gasteiger partial charge on any atom is -0.495 e. The first-order chi connectivity index (χ1) is 9.42. The first kappa shape index (κ1) is 14.3. The molecule has 0 saturated carbocycles. The number of fused-ring (bicyclic) bond motifs is 1. The summed E-state index contributed by atoms with van der Waals surface area (Å²) in [5, 5.41) is 11.3. The number of hydrogen-bond acceptors (Lipinski definition) is 6. The van der Waals surface area contributed by atoms with Crippen LogP contribution >= 0.6 is 11.6 Å². The second-order valence-corrected chi connectivity index (χ2v) is 4.52. The minimum atomic E-state index is -0.696. The lowest BCUT2D eigenvalue weighted by Gasteiger charge is -2.21. The summed E-state index contributed by atoms with van der Waals surface area (Å²) in [6.45, 7) is 1.59. The van der Waals surface area contributed by atoms with Gasteiger partial charge in [-0.2, -0.15) is 0 Å². The van der Waals surface area contributed by atoms with E-state index >= 15 is 0 Å². The van der Waals surface area contributed by atoms with Gasteiger partial charge in [0.05, 0.1) is 36.1 Å². The van der Waals surface area contributed by atoms with Gasteiger partial charge < -0.3 is 9.47 Å². The number of hydrogen-bond donors (Lipinski definition) is 0. The second-order valence-electron chi connectivity index (χ2n) is 4.14. The van der Waals surface area contributed by atoms with Gasteiger partial charge in [-0.05, 0) is 0 Å². The van der Waals surface area contributed by atoms with Crippen LogP contribution in [0.25, 0.3) is 0 Å². The van der Waals surface area contributed by atoms with Gasteiger partial charge in [0.15, 0.2) is 5.69 Å². The van der Waals surface area contributed by atoms with E-state index in [1.54, 1.807) is 6.92 Å². The van der Waals surface area contributed by atoms with Crippen LogP contribution in [0.15, 0.2) is 11.1 Å². The van der Waals surface area contributed by atoms with Crippen molar-refractivity contribution in [2.24, 2.45) is 4.99 Å². The van der Waals surface area contributed by atoms with Crippen molar-refractivity contribution in [3.8, 4) is 5.75 Å². The fourth-order valence-electron chi connectivity index (χ4n) is 2.05. The number of carbonyl (C=O) groups is 1. The lowest BCUT2D eigenvalue weighted by atomic mass is 9.91. The van der Waals surface area contributed by atoms with Gasteiger partial charge in [0.2, 0.25) is 5.78 Å². The number of methoxy groups -OCH3 is 2. The first-order valence-corrected chi connectivity index (χ1v) is 6.01. The summed E-state index contributed by atoms with van der Waals surface area (Å²) < 4.78 is 9.88. The third-order valence-electron chi connectivity index (χ3n) is 3.08. The zero-order valence-electron chi connectivity index (χ0n) is 11.0. The molecule has 1 aromatic rings. The number of benzene rings is 1. The maximum atomic E-state index is 12.0. The van der Waals surface area contributed by atoms with E-state index in [1.165, 1.54) is 20.3 Å². The lowest BCUT2D eigenvalue weighted by Crippen LogP contribution is -2.25. The highest BCUT2D eigenvalue weighted by atomic mass is 35.5. The van der Waals surface area contributed by atoms with Gasteiger partial charge in [0.25, 0.3) is 11.6 Å². The van der Waals surface area contributed by atoms with Crippen LogP contribution in [0, 0.1) is 10.1 Å². The number of halogens is 1. The molecule has 20 heavy (non-hydrogen) atoms. The van der Waals surface area contributed by atoms with Crippen molar-refractivity contribution in [1.29, 1.82) is 0 Å². The molecule has 0 aliphatic carbocycles.